The summed E-state index contributed by atoms with van der Waals surface area (Å²) in [5, 5.41) is 11.2. The second-order valence-corrected chi connectivity index (χ2v) is 24.5. The third kappa shape index (κ3) is 15.8. The zero-order valence-corrected chi connectivity index (χ0v) is 55.7. The molecule has 0 bridgehead atoms. The van der Waals surface area contributed by atoms with Gasteiger partial charge >= 0.3 is 0 Å². The Morgan fingerprint density at radius 1 is 0.400 bits per heavy atom. The fraction of sp³-hybridized carbons (Fsp3) is 0.342. The summed E-state index contributed by atoms with van der Waals surface area (Å²) in [5.41, 5.74) is 43.1. The highest BCUT2D eigenvalue weighted by Gasteiger charge is 2.44. The Kier molecular flexibility index (Phi) is 23.7. The molecule has 9 rings (SSSR count). The van der Waals surface area contributed by atoms with Crippen LogP contribution in [0.3, 0.4) is 0 Å². The van der Waals surface area contributed by atoms with Crippen molar-refractivity contribution in [2.45, 2.75) is 120 Å². The summed E-state index contributed by atoms with van der Waals surface area (Å²) in [5.74, 6) is -2.04. The van der Waals surface area contributed by atoms with Gasteiger partial charge in [-0.25, -0.2) is 0 Å². The van der Waals surface area contributed by atoms with E-state index in [0.717, 1.165) is 66.5 Å². The molecule has 9 aromatic rings. The van der Waals surface area contributed by atoms with Crippen LogP contribution >= 0.6 is 12.4 Å². The number of halogens is 1. The number of amides is 3. The summed E-state index contributed by atoms with van der Waals surface area (Å²) in [6.45, 7) is 6.69. The third-order valence-electron chi connectivity index (χ3n) is 18.3. The number of H-pyrrole nitrogens is 3. The van der Waals surface area contributed by atoms with Crippen molar-refractivity contribution in [3.8, 4) is 17.2 Å². The number of hydrogen-bond donors (Lipinski definition) is 12. The van der Waals surface area contributed by atoms with Crippen molar-refractivity contribution in [2.24, 2.45) is 34.4 Å². The second-order valence-electron chi connectivity index (χ2n) is 24.5. The number of hydrogen-bond acceptors (Lipinski definition) is 15. The lowest BCUT2D eigenvalue weighted by molar-refractivity contribution is -0.134. The lowest BCUT2D eigenvalue weighted by Crippen LogP contribution is -2.58. The number of carbonyl (C=O) groups is 6. The number of carbonyl (C=O) groups excluding carboxylic acids is 6. The van der Waals surface area contributed by atoms with Gasteiger partial charge in [0.25, 0.3) is 17.7 Å². The van der Waals surface area contributed by atoms with Crippen LogP contribution < -0.4 is 64.6 Å². The van der Waals surface area contributed by atoms with E-state index in [1.807, 2.05) is 112 Å². The maximum absolute atomic E-state index is 14.5. The number of aromatic nitrogens is 3. The smallest absolute Gasteiger partial charge is 0.252 e. The van der Waals surface area contributed by atoms with Gasteiger partial charge in [-0.2, -0.15) is 0 Å². The molecule has 0 fully saturated rings. The van der Waals surface area contributed by atoms with E-state index in [4.69, 9.17) is 48.6 Å². The molecule has 0 aliphatic carbocycles. The van der Waals surface area contributed by atoms with Crippen LogP contribution in [-0.4, -0.2) is 108 Å². The molecule has 0 aliphatic heterocycles. The third-order valence-corrected chi connectivity index (χ3v) is 18.3. The van der Waals surface area contributed by atoms with E-state index in [1.54, 1.807) is 57.7 Å². The molecular formula is C73H89ClN12O9. The number of Topliss-reactive ketones (excluding diaryl/α,β-unsaturated/α-hetero) is 3. The minimum absolute atomic E-state index is 0. The second kappa shape index (κ2) is 31.4. The Hall–Kier alpha value is -9.19. The molecule has 502 valence electrons. The predicted octanol–water partition coefficient (Wildman–Crippen LogP) is 9.41. The van der Waals surface area contributed by atoms with Crippen LogP contribution in [0.5, 0.6) is 17.2 Å². The SMILES string of the molecule is COc1ccc2[nH]c(C)c(CC(=O)[C@](N)(CCCCN)C(=O)Nc3ccc(C(c4ccc(NC(=O)[C@@](N)(CCCCN)C(=O)Cc5c(C)[nH]c6ccc(OC)cc56)cc4)c4ccc(NC(=O)[C@@](N)(CCCCN)C(=O)Cc5c(C)[nH]c6ccc(OC)cc56)cc4)cc3)c2c1.Cl. The number of methoxy groups -OCH3 is 3. The first-order valence-corrected chi connectivity index (χ1v) is 31.9. The van der Waals surface area contributed by atoms with E-state index in [0.29, 0.717) is 109 Å². The first-order chi connectivity index (χ1) is 45.1. The summed E-state index contributed by atoms with van der Waals surface area (Å²) in [7, 11) is 4.71. The van der Waals surface area contributed by atoms with Crippen molar-refractivity contribution < 1.29 is 43.0 Å². The quantitative estimate of drug-likeness (QED) is 0.0103. The molecule has 0 saturated carbocycles. The lowest BCUT2D eigenvalue weighted by Gasteiger charge is -2.28. The van der Waals surface area contributed by atoms with Crippen LogP contribution in [-0.2, 0) is 48.0 Å². The average molecular weight is 1310 g/mol. The van der Waals surface area contributed by atoms with Crippen molar-refractivity contribution in [1.82, 2.24) is 15.0 Å². The van der Waals surface area contributed by atoms with Crippen LogP contribution in [0.25, 0.3) is 32.7 Å². The first-order valence-electron chi connectivity index (χ1n) is 31.9. The van der Waals surface area contributed by atoms with Crippen molar-refractivity contribution in [2.75, 3.05) is 56.9 Å². The van der Waals surface area contributed by atoms with Crippen LogP contribution in [0.15, 0.2) is 127 Å². The monoisotopic (exact) mass is 1310 g/mol. The number of fused-ring (bicyclic) bond motifs is 3. The molecule has 3 amide bonds. The molecule has 3 atom stereocenters. The number of rotatable bonds is 33. The van der Waals surface area contributed by atoms with Crippen LogP contribution in [0.4, 0.5) is 17.1 Å². The van der Waals surface area contributed by atoms with Crippen molar-refractivity contribution in [3.05, 3.63) is 178 Å². The van der Waals surface area contributed by atoms with E-state index in [2.05, 4.69) is 30.9 Å². The number of ketones is 3. The van der Waals surface area contributed by atoms with E-state index in [1.165, 1.54) is 0 Å². The van der Waals surface area contributed by atoms with Crippen molar-refractivity contribution >= 4 is 97.2 Å². The number of aromatic amines is 3. The van der Waals surface area contributed by atoms with E-state index in [-0.39, 0.29) is 50.9 Å². The van der Waals surface area contributed by atoms with Crippen molar-refractivity contribution in [3.63, 3.8) is 0 Å². The Labute approximate surface area is 559 Å². The molecule has 0 saturated heterocycles. The molecule has 3 aromatic heterocycles. The fourth-order valence-electron chi connectivity index (χ4n) is 12.5. The number of unbranched alkanes of at least 4 members (excludes halogenated alkanes) is 3. The number of nitrogens with one attached hydrogen (secondary N) is 6. The molecule has 95 heavy (non-hydrogen) atoms. The topological polar surface area (TPSA) is 370 Å². The standard InChI is InChI=1S/C73H88N12O9.ClH/c1-43-55(58-37-52(92-4)25-28-61(58)80-43)40-64(86)71(77,31-7-10-34-74)68(89)83-49-19-13-46(14-20-49)67(47-15-21-50(22-16-47)84-69(90)72(78,32-8-11-35-75)65(87)41-56-44(2)81-62-29-26-53(93-5)38-59(56)62)48-17-23-51(24-18-48)85-70(91)73(79,33-9-12-36-76)66(88)42-57-45(3)82-63-30-27-54(94-6)39-60(57)63;/h13-30,37-39,67,80-82H,7-12,31-36,40-42,74-79H2,1-6H3,(H,83,89)(H,84,90)(H,85,91);1H/t71-,72-,73-;/m1./s1. The fourth-order valence-corrected chi connectivity index (χ4v) is 12.5. The molecule has 3 heterocycles. The molecule has 0 radical (unpaired) electrons. The normalized spacial score (nSPS) is 13.4. The zero-order valence-electron chi connectivity index (χ0n) is 54.9. The minimum Gasteiger partial charge on any atom is -0.497 e. The van der Waals surface area contributed by atoms with Gasteiger partial charge < -0.3 is 79.5 Å². The Morgan fingerprint density at radius 2 is 0.653 bits per heavy atom. The van der Waals surface area contributed by atoms with Crippen molar-refractivity contribution in [1.29, 1.82) is 0 Å². The van der Waals surface area contributed by atoms with Gasteiger partial charge in [-0.3, -0.25) is 28.8 Å². The van der Waals surface area contributed by atoms with Crippen LogP contribution in [0.2, 0.25) is 0 Å². The number of benzene rings is 6. The molecule has 18 N–H and O–H groups in total. The summed E-state index contributed by atoms with van der Waals surface area (Å²) >= 11 is 0. The van der Waals surface area contributed by atoms with Gasteiger partial charge in [-0.1, -0.05) is 36.4 Å². The van der Waals surface area contributed by atoms with Gasteiger partial charge in [-0.15, -0.1) is 12.4 Å². The van der Waals surface area contributed by atoms with E-state index in [9.17, 15) is 28.8 Å². The Balaban J connectivity index is 0.0000116. The molecule has 22 heteroatoms. The summed E-state index contributed by atoms with van der Waals surface area (Å²) in [6.07, 6.45) is 2.80. The highest BCUT2D eigenvalue weighted by molar-refractivity contribution is 6.18. The molecule has 0 spiro atoms. The predicted molar refractivity (Wildman–Crippen MR) is 378 cm³/mol. The summed E-state index contributed by atoms with van der Waals surface area (Å²) < 4.78 is 16.5. The molecule has 21 nitrogen and oxygen atoms in total. The summed E-state index contributed by atoms with van der Waals surface area (Å²) in [4.78, 5) is 97.0. The zero-order chi connectivity index (χ0) is 67.5. The largest absolute Gasteiger partial charge is 0.497 e. The lowest BCUT2D eigenvalue weighted by atomic mass is 9.83. The van der Waals surface area contributed by atoms with Crippen LogP contribution in [0, 0.1) is 20.8 Å². The number of aryl methyl sites for hydroxylation is 3. The molecule has 0 unspecified atom stereocenters. The highest BCUT2D eigenvalue weighted by atomic mass is 35.5. The van der Waals surface area contributed by atoms with E-state index < -0.39 is 57.6 Å². The molecular weight excluding hydrogens is 1220 g/mol. The Morgan fingerprint density at radius 3 is 0.884 bits per heavy atom. The first kappa shape index (κ1) is 71.7. The van der Waals surface area contributed by atoms with Gasteiger partial charge in [0.2, 0.25) is 0 Å². The van der Waals surface area contributed by atoms with Gasteiger partial charge in [0.1, 0.15) is 17.2 Å². The number of nitrogens with two attached hydrogens (primary N) is 6. The minimum atomic E-state index is -1.92. The van der Waals surface area contributed by atoms with Gasteiger partial charge in [0, 0.05) is 92.0 Å². The molecule has 6 aromatic carbocycles. The maximum Gasteiger partial charge on any atom is 0.252 e. The molecule has 0 aliphatic rings. The maximum atomic E-state index is 14.5. The average Bonchev–Trinajstić information content (AvgIpc) is 1.73. The van der Waals surface area contributed by atoms with Gasteiger partial charge in [0.15, 0.2) is 34.0 Å². The van der Waals surface area contributed by atoms with Crippen LogP contribution in [0.1, 0.15) is 114 Å². The Bertz CT molecular complexity index is 3790. The summed E-state index contributed by atoms with van der Waals surface area (Å²) in [6, 6.07) is 38.2. The number of anilines is 3. The highest BCUT2D eigenvalue weighted by Crippen LogP contribution is 2.37. The number of ether oxygens (including phenoxy) is 3. The van der Waals surface area contributed by atoms with E-state index >= 15 is 0 Å². The van der Waals surface area contributed by atoms with Gasteiger partial charge in [0.05, 0.1) is 21.3 Å². The van der Waals surface area contributed by atoms with Gasteiger partial charge in [-0.05, 0) is 223 Å².